The molecule has 0 aliphatic carbocycles. The Kier molecular flexibility index (Phi) is 7.16. The predicted molar refractivity (Wildman–Crippen MR) is 141 cm³/mol. The topological polar surface area (TPSA) is 67.4 Å². The first-order chi connectivity index (χ1) is 16.8. The van der Waals surface area contributed by atoms with Crippen LogP contribution in [0, 0.1) is 0 Å². The van der Waals surface area contributed by atoms with Gasteiger partial charge in [-0.05, 0) is 60.4 Å². The number of fused-ring (bicyclic) bond motifs is 1. The van der Waals surface area contributed by atoms with Crippen molar-refractivity contribution in [1.29, 1.82) is 0 Å². The second-order valence-corrected chi connectivity index (χ2v) is 9.52. The molecule has 0 radical (unpaired) electrons. The molecule has 2 amide bonds. The minimum Gasteiger partial charge on any atom is -0.444 e. The third-order valence-corrected chi connectivity index (χ3v) is 5.53. The highest BCUT2D eigenvalue weighted by molar-refractivity contribution is 5.98. The molecular formula is C30H30N2O3. The van der Waals surface area contributed by atoms with Gasteiger partial charge >= 0.3 is 6.09 Å². The average molecular weight is 467 g/mol. The monoisotopic (exact) mass is 466 g/mol. The van der Waals surface area contributed by atoms with Gasteiger partial charge in [0.25, 0.3) is 0 Å². The van der Waals surface area contributed by atoms with Crippen LogP contribution >= 0.6 is 0 Å². The van der Waals surface area contributed by atoms with Crippen molar-refractivity contribution in [3.05, 3.63) is 103 Å². The summed E-state index contributed by atoms with van der Waals surface area (Å²) in [4.78, 5) is 25.8. The normalized spacial score (nSPS) is 12.1. The van der Waals surface area contributed by atoms with E-state index in [0.717, 1.165) is 27.5 Å². The number of benzene rings is 4. The Bertz CT molecular complexity index is 1310. The zero-order valence-corrected chi connectivity index (χ0v) is 20.2. The third-order valence-electron chi connectivity index (χ3n) is 5.53. The zero-order chi connectivity index (χ0) is 24.8. The van der Waals surface area contributed by atoms with Gasteiger partial charge in [0.05, 0.1) is 0 Å². The van der Waals surface area contributed by atoms with Crippen molar-refractivity contribution in [3.8, 4) is 11.1 Å². The quantitative estimate of drug-likeness (QED) is 0.337. The summed E-state index contributed by atoms with van der Waals surface area (Å²) in [5, 5.41) is 7.82. The fourth-order valence-electron chi connectivity index (χ4n) is 3.86. The molecule has 0 fully saturated rings. The van der Waals surface area contributed by atoms with Crippen molar-refractivity contribution >= 4 is 28.5 Å². The maximum absolute atomic E-state index is 13.3. The molecule has 35 heavy (non-hydrogen) atoms. The van der Waals surface area contributed by atoms with Crippen LogP contribution in [-0.2, 0) is 16.0 Å². The van der Waals surface area contributed by atoms with Crippen molar-refractivity contribution in [2.75, 3.05) is 5.32 Å². The van der Waals surface area contributed by atoms with E-state index in [1.807, 2.05) is 84.9 Å². The fraction of sp³-hybridized carbons (Fsp3) is 0.200. The van der Waals surface area contributed by atoms with E-state index in [9.17, 15) is 9.59 Å². The molecule has 0 spiro atoms. The largest absolute Gasteiger partial charge is 0.444 e. The number of anilines is 1. The molecule has 4 rings (SSSR count). The number of hydrogen-bond donors (Lipinski definition) is 2. The highest BCUT2D eigenvalue weighted by Crippen LogP contribution is 2.21. The lowest BCUT2D eigenvalue weighted by Gasteiger charge is -2.23. The van der Waals surface area contributed by atoms with Crippen molar-refractivity contribution in [1.82, 2.24) is 5.32 Å². The van der Waals surface area contributed by atoms with Gasteiger partial charge in [-0.3, -0.25) is 4.79 Å². The Balaban J connectivity index is 1.52. The predicted octanol–water partition coefficient (Wildman–Crippen LogP) is 6.58. The molecule has 0 aliphatic rings. The molecule has 0 aliphatic heterocycles. The van der Waals surface area contributed by atoms with Crippen LogP contribution in [-0.4, -0.2) is 23.6 Å². The van der Waals surface area contributed by atoms with Gasteiger partial charge in [0.2, 0.25) is 5.91 Å². The molecule has 0 saturated heterocycles. The molecule has 0 aromatic heterocycles. The summed E-state index contributed by atoms with van der Waals surface area (Å²) in [7, 11) is 0. The van der Waals surface area contributed by atoms with E-state index in [-0.39, 0.29) is 5.91 Å². The van der Waals surface area contributed by atoms with Crippen molar-refractivity contribution in [2.24, 2.45) is 0 Å². The first kappa shape index (κ1) is 24.0. The minimum atomic E-state index is -0.807. The molecule has 1 atom stereocenters. The number of carbonyl (C=O) groups is 2. The third kappa shape index (κ3) is 6.70. The number of hydrogen-bond acceptors (Lipinski definition) is 3. The van der Waals surface area contributed by atoms with Crippen LogP contribution in [0.4, 0.5) is 10.5 Å². The summed E-state index contributed by atoms with van der Waals surface area (Å²) in [6, 6.07) is 31.0. The van der Waals surface area contributed by atoms with Crippen LogP contribution in [0.3, 0.4) is 0 Å². The van der Waals surface area contributed by atoms with E-state index in [4.69, 9.17) is 4.74 Å². The van der Waals surface area contributed by atoms with E-state index in [0.29, 0.717) is 12.1 Å². The highest BCUT2D eigenvalue weighted by Gasteiger charge is 2.25. The van der Waals surface area contributed by atoms with Gasteiger partial charge in [-0.25, -0.2) is 4.79 Å². The van der Waals surface area contributed by atoms with Crippen LogP contribution in [0.5, 0.6) is 0 Å². The second kappa shape index (κ2) is 10.4. The van der Waals surface area contributed by atoms with Crippen LogP contribution < -0.4 is 10.6 Å². The average Bonchev–Trinajstić information content (AvgIpc) is 2.83. The molecule has 4 aromatic carbocycles. The van der Waals surface area contributed by atoms with E-state index >= 15 is 0 Å². The number of carbonyl (C=O) groups excluding carboxylic acids is 2. The van der Waals surface area contributed by atoms with Gasteiger partial charge in [-0.1, -0.05) is 84.9 Å². The van der Waals surface area contributed by atoms with Crippen LogP contribution in [0.15, 0.2) is 97.1 Å². The van der Waals surface area contributed by atoms with E-state index in [2.05, 4.69) is 22.8 Å². The van der Waals surface area contributed by atoms with Crippen molar-refractivity contribution in [2.45, 2.75) is 38.8 Å². The Morgan fingerprint density at radius 1 is 0.771 bits per heavy atom. The Hall–Kier alpha value is -4.12. The molecule has 178 valence electrons. The number of rotatable bonds is 6. The Labute approximate surface area is 206 Å². The number of nitrogens with one attached hydrogen (secondary N) is 2. The summed E-state index contributed by atoms with van der Waals surface area (Å²) in [6.45, 7) is 5.37. The lowest BCUT2D eigenvalue weighted by Crippen LogP contribution is -2.47. The molecule has 0 saturated carbocycles. The van der Waals surface area contributed by atoms with Crippen LogP contribution in [0.25, 0.3) is 21.9 Å². The van der Waals surface area contributed by atoms with Crippen LogP contribution in [0.2, 0.25) is 0 Å². The fourth-order valence-corrected chi connectivity index (χ4v) is 3.86. The number of ether oxygens (including phenoxy) is 1. The first-order valence-corrected chi connectivity index (χ1v) is 11.7. The molecule has 0 bridgehead atoms. The minimum absolute atomic E-state index is 0.307. The Morgan fingerprint density at radius 2 is 1.40 bits per heavy atom. The maximum atomic E-state index is 13.3. The van der Waals surface area contributed by atoms with E-state index < -0.39 is 17.7 Å². The molecule has 5 nitrogen and oxygen atoms in total. The van der Waals surface area contributed by atoms with Gasteiger partial charge in [0.1, 0.15) is 11.6 Å². The van der Waals surface area contributed by atoms with Gasteiger partial charge in [0.15, 0.2) is 0 Å². The SMILES string of the molecule is CC(C)(C)OC(=O)N[C@@H](Cc1ccc(-c2ccccc2)cc1)C(=O)Nc1ccc2ccccc2c1. The molecule has 0 unspecified atom stereocenters. The lowest BCUT2D eigenvalue weighted by atomic mass is 10.00. The summed E-state index contributed by atoms with van der Waals surface area (Å²) in [6.07, 6.45) is -0.301. The maximum Gasteiger partial charge on any atom is 0.408 e. The number of amides is 2. The molecule has 5 heteroatoms. The summed E-state index contributed by atoms with van der Waals surface area (Å²) >= 11 is 0. The van der Waals surface area contributed by atoms with E-state index in [1.165, 1.54) is 0 Å². The molecule has 2 N–H and O–H groups in total. The zero-order valence-electron chi connectivity index (χ0n) is 20.2. The van der Waals surface area contributed by atoms with Gasteiger partial charge < -0.3 is 15.4 Å². The number of alkyl carbamates (subject to hydrolysis) is 1. The van der Waals surface area contributed by atoms with Crippen LogP contribution in [0.1, 0.15) is 26.3 Å². The summed E-state index contributed by atoms with van der Waals surface area (Å²) in [5.41, 5.74) is 3.15. The van der Waals surface area contributed by atoms with E-state index in [1.54, 1.807) is 20.8 Å². The summed E-state index contributed by atoms with van der Waals surface area (Å²) < 4.78 is 5.41. The van der Waals surface area contributed by atoms with Crippen molar-refractivity contribution < 1.29 is 14.3 Å². The standard InChI is InChI=1S/C30H30N2O3/c1-30(2,3)35-29(34)32-27(19-21-13-15-24(16-14-21)22-9-5-4-6-10-22)28(33)31-26-18-17-23-11-7-8-12-25(23)20-26/h4-18,20,27H,19H2,1-3H3,(H,31,33)(H,32,34)/t27-/m0/s1. The summed E-state index contributed by atoms with van der Waals surface area (Å²) in [5.74, 6) is -0.307. The molecule has 0 heterocycles. The second-order valence-electron chi connectivity index (χ2n) is 9.52. The highest BCUT2D eigenvalue weighted by atomic mass is 16.6. The van der Waals surface area contributed by atoms with Gasteiger partial charge in [-0.2, -0.15) is 0 Å². The Morgan fingerprint density at radius 3 is 2.09 bits per heavy atom. The smallest absolute Gasteiger partial charge is 0.408 e. The lowest BCUT2D eigenvalue weighted by molar-refractivity contribution is -0.118. The van der Waals surface area contributed by atoms with Gasteiger partial charge in [0, 0.05) is 12.1 Å². The molecule has 4 aromatic rings. The first-order valence-electron chi connectivity index (χ1n) is 11.7. The molecular weight excluding hydrogens is 436 g/mol. The van der Waals surface area contributed by atoms with Crippen molar-refractivity contribution in [3.63, 3.8) is 0 Å². The van der Waals surface area contributed by atoms with Gasteiger partial charge in [-0.15, -0.1) is 0 Å².